The van der Waals surface area contributed by atoms with Gasteiger partial charge < -0.3 is 25.2 Å². The molecule has 0 spiro atoms. The zero-order valence-corrected chi connectivity index (χ0v) is 6.12. The van der Waals surface area contributed by atoms with E-state index in [2.05, 4.69) is 4.74 Å². The molecular formula is C6H10O6. The fourth-order valence-electron chi connectivity index (χ4n) is 1.10. The topological polar surface area (TPSA) is 107 Å². The summed E-state index contributed by atoms with van der Waals surface area (Å²) in [5.74, 6) is -1.35. The lowest BCUT2D eigenvalue weighted by Gasteiger charge is -2.10. The molecule has 0 bridgehead atoms. The van der Waals surface area contributed by atoms with Gasteiger partial charge in [0.05, 0.1) is 6.61 Å². The van der Waals surface area contributed by atoms with E-state index in [1.54, 1.807) is 0 Å². The van der Waals surface area contributed by atoms with E-state index in [9.17, 15) is 4.79 Å². The highest BCUT2D eigenvalue weighted by atomic mass is 16.6. The third kappa shape index (κ3) is 1.42. The molecule has 4 N–H and O–H groups in total. The fourth-order valence-corrected chi connectivity index (χ4v) is 1.10. The highest BCUT2D eigenvalue weighted by Crippen LogP contribution is 2.20. The van der Waals surface area contributed by atoms with Crippen LogP contribution >= 0.6 is 0 Å². The van der Waals surface area contributed by atoms with Gasteiger partial charge >= 0.3 is 5.97 Å². The molecule has 1 fully saturated rings. The van der Waals surface area contributed by atoms with Crippen molar-refractivity contribution in [1.29, 1.82) is 0 Å². The van der Waals surface area contributed by atoms with Gasteiger partial charge in [0.2, 0.25) is 0 Å². The molecule has 6 heteroatoms. The Labute approximate surface area is 68.0 Å². The normalized spacial score (nSPS) is 41.6. The Morgan fingerprint density at radius 1 is 1.33 bits per heavy atom. The van der Waals surface area contributed by atoms with Gasteiger partial charge in [-0.2, -0.15) is 0 Å². The Balaban J connectivity index is 2.66. The molecule has 0 saturated carbocycles. The van der Waals surface area contributed by atoms with Crippen LogP contribution in [0.25, 0.3) is 0 Å². The summed E-state index contributed by atoms with van der Waals surface area (Å²) in [5, 5.41) is 35.1. The van der Waals surface area contributed by atoms with Crippen molar-refractivity contribution in [3.63, 3.8) is 0 Å². The zero-order valence-electron chi connectivity index (χ0n) is 6.12. The average molecular weight is 178 g/mol. The molecule has 1 aliphatic heterocycles. The molecule has 70 valence electrons. The number of carboxylic acid groups (broad SMARTS) is 1. The average Bonchev–Trinajstić information content (AvgIpc) is 2.30. The van der Waals surface area contributed by atoms with Crippen LogP contribution in [0.4, 0.5) is 0 Å². The van der Waals surface area contributed by atoms with Crippen molar-refractivity contribution in [3.8, 4) is 0 Å². The van der Waals surface area contributed by atoms with Crippen LogP contribution in [0.3, 0.4) is 0 Å². The van der Waals surface area contributed by atoms with Gasteiger partial charge in [-0.25, -0.2) is 4.79 Å². The first kappa shape index (κ1) is 9.40. The summed E-state index contributed by atoms with van der Waals surface area (Å²) in [6, 6.07) is 0. The van der Waals surface area contributed by atoms with Crippen molar-refractivity contribution < 1.29 is 30.0 Å². The van der Waals surface area contributed by atoms with Gasteiger partial charge in [0, 0.05) is 0 Å². The summed E-state index contributed by atoms with van der Waals surface area (Å²) < 4.78 is 4.65. The second-order valence-corrected chi connectivity index (χ2v) is 2.60. The monoisotopic (exact) mass is 178 g/mol. The molecule has 1 rings (SSSR count). The maximum Gasteiger partial charge on any atom is 0.335 e. The van der Waals surface area contributed by atoms with Crippen LogP contribution < -0.4 is 0 Å². The van der Waals surface area contributed by atoms with Gasteiger partial charge in [-0.3, -0.25) is 0 Å². The van der Waals surface area contributed by atoms with E-state index in [-0.39, 0.29) is 0 Å². The van der Waals surface area contributed by atoms with E-state index in [1.165, 1.54) is 0 Å². The van der Waals surface area contributed by atoms with Crippen LogP contribution in [-0.4, -0.2) is 57.4 Å². The summed E-state index contributed by atoms with van der Waals surface area (Å²) in [4.78, 5) is 10.3. The van der Waals surface area contributed by atoms with Crippen molar-refractivity contribution in [1.82, 2.24) is 0 Å². The third-order valence-corrected chi connectivity index (χ3v) is 1.79. The number of carboxylic acids is 1. The van der Waals surface area contributed by atoms with Gasteiger partial charge in [-0.05, 0) is 0 Å². The Morgan fingerprint density at radius 2 is 1.92 bits per heavy atom. The van der Waals surface area contributed by atoms with E-state index < -0.39 is 37.0 Å². The SMILES string of the molecule is O=C(O)[C@H]1O[C@H](CO)[C@@H](O)[C@@H]1O. The Bertz CT molecular complexity index is 181. The zero-order chi connectivity index (χ0) is 9.30. The first-order valence-electron chi connectivity index (χ1n) is 3.43. The molecule has 0 aromatic carbocycles. The number of aliphatic carboxylic acids is 1. The highest BCUT2D eigenvalue weighted by molar-refractivity contribution is 5.73. The number of carbonyl (C=O) groups is 1. The van der Waals surface area contributed by atoms with Crippen LogP contribution in [-0.2, 0) is 9.53 Å². The van der Waals surface area contributed by atoms with Gasteiger partial charge in [0.15, 0.2) is 6.10 Å². The number of hydrogen-bond donors (Lipinski definition) is 4. The maximum atomic E-state index is 10.3. The Morgan fingerprint density at radius 3 is 2.17 bits per heavy atom. The van der Waals surface area contributed by atoms with Gasteiger partial charge in [0.1, 0.15) is 18.3 Å². The lowest BCUT2D eigenvalue weighted by atomic mass is 10.1. The van der Waals surface area contributed by atoms with Crippen molar-refractivity contribution in [3.05, 3.63) is 0 Å². The molecule has 0 amide bonds. The van der Waals surface area contributed by atoms with Gasteiger partial charge in [-0.1, -0.05) is 0 Å². The van der Waals surface area contributed by atoms with E-state index in [4.69, 9.17) is 20.4 Å². The Hall–Kier alpha value is -0.690. The first-order chi connectivity index (χ1) is 5.57. The van der Waals surface area contributed by atoms with Crippen LogP contribution in [0.1, 0.15) is 0 Å². The van der Waals surface area contributed by atoms with Crippen molar-refractivity contribution in [2.45, 2.75) is 24.4 Å². The van der Waals surface area contributed by atoms with Crippen molar-refractivity contribution in [2.75, 3.05) is 6.61 Å². The minimum atomic E-state index is -1.47. The molecule has 0 aromatic rings. The second kappa shape index (κ2) is 3.36. The minimum Gasteiger partial charge on any atom is -0.479 e. The molecule has 1 heterocycles. The number of aliphatic hydroxyl groups is 3. The molecule has 0 radical (unpaired) electrons. The van der Waals surface area contributed by atoms with Crippen LogP contribution in [0.15, 0.2) is 0 Å². The van der Waals surface area contributed by atoms with Crippen LogP contribution in [0, 0.1) is 0 Å². The summed E-state index contributed by atoms with van der Waals surface area (Å²) in [6.45, 7) is -0.512. The van der Waals surface area contributed by atoms with Crippen LogP contribution in [0.2, 0.25) is 0 Å². The molecular weight excluding hydrogens is 168 g/mol. The maximum absolute atomic E-state index is 10.3. The summed E-state index contributed by atoms with van der Waals surface area (Å²) in [5.41, 5.74) is 0. The molecule has 0 unspecified atom stereocenters. The van der Waals surface area contributed by atoms with Gasteiger partial charge in [-0.15, -0.1) is 0 Å². The van der Waals surface area contributed by atoms with Crippen molar-refractivity contribution in [2.24, 2.45) is 0 Å². The quantitative estimate of drug-likeness (QED) is 0.374. The summed E-state index contributed by atoms with van der Waals surface area (Å²) in [7, 11) is 0. The van der Waals surface area contributed by atoms with Crippen molar-refractivity contribution >= 4 is 5.97 Å². The third-order valence-electron chi connectivity index (χ3n) is 1.79. The minimum absolute atomic E-state index is 0.512. The smallest absolute Gasteiger partial charge is 0.335 e. The van der Waals surface area contributed by atoms with E-state index in [1.807, 2.05) is 0 Å². The lowest BCUT2D eigenvalue weighted by molar-refractivity contribution is -0.153. The fraction of sp³-hybridized carbons (Fsp3) is 0.833. The lowest BCUT2D eigenvalue weighted by Crippen LogP contribution is -2.36. The van der Waals surface area contributed by atoms with Crippen LogP contribution in [0.5, 0.6) is 0 Å². The predicted octanol–water partition coefficient (Wildman–Crippen LogP) is -2.45. The molecule has 1 saturated heterocycles. The first-order valence-corrected chi connectivity index (χ1v) is 3.43. The number of ether oxygens (including phenoxy) is 1. The second-order valence-electron chi connectivity index (χ2n) is 2.60. The molecule has 12 heavy (non-hydrogen) atoms. The largest absolute Gasteiger partial charge is 0.479 e. The standard InChI is InChI=1S/C6H10O6/c7-1-2-3(8)4(9)5(12-2)6(10)11/h2-5,7-9H,1H2,(H,10,11)/t2-,3-,4+,5+/m1/s1. The molecule has 0 aliphatic carbocycles. The molecule has 6 nitrogen and oxygen atoms in total. The summed E-state index contributed by atoms with van der Waals surface area (Å²) in [6.07, 6.45) is -5.27. The molecule has 1 aliphatic rings. The van der Waals surface area contributed by atoms with E-state index in [0.29, 0.717) is 0 Å². The van der Waals surface area contributed by atoms with E-state index >= 15 is 0 Å². The Kier molecular flexibility index (Phi) is 2.63. The number of hydrogen-bond acceptors (Lipinski definition) is 5. The predicted molar refractivity (Wildman–Crippen MR) is 35.4 cm³/mol. The molecule has 0 aromatic heterocycles. The highest BCUT2D eigenvalue weighted by Gasteiger charge is 2.45. The number of aliphatic hydroxyl groups excluding tert-OH is 3. The van der Waals surface area contributed by atoms with E-state index in [0.717, 1.165) is 0 Å². The molecule has 4 atom stereocenters. The van der Waals surface area contributed by atoms with Gasteiger partial charge in [0.25, 0.3) is 0 Å². The summed E-state index contributed by atoms with van der Waals surface area (Å²) >= 11 is 0. The number of rotatable bonds is 2.